The van der Waals surface area contributed by atoms with Crippen LogP contribution >= 0.6 is 15.9 Å². The maximum absolute atomic E-state index is 14.4. The number of pyridine rings is 1. The van der Waals surface area contributed by atoms with Gasteiger partial charge in [0.05, 0.1) is 22.7 Å². The highest BCUT2D eigenvalue weighted by Crippen LogP contribution is 2.47. The fourth-order valence-electron chi connectivity index (χ4n) is 3.26. The number of benzene rings is 1. The zero-order chi connectivity index (χ0) is 22.1. The Hall–Kier alpha value is -1.95. The molecule has 30 heavy (non-hydrogen) atoms. The van der Waals surface area contributed by atoms with Gasteiger partial charge in [0, 0.05) is 30.8 Å². The number of aliphatic hydroxyl groups excluding tert-OH is 1. The maximum atomic E-state index is 14.4. The zero-order valence-electron chi connectivity index (χ0n) is 16.5. The molecule has 1 aliphatic carbocycles. The zero-order valence-corrected chi connectivity index (χ0v) is 18.9. The van der Waals surface area contributed by atoms with Crippen LogP contribution in [0.1, 0.15) is 24.8 Å². The predicted octanol–water partition coefficient (Wildman–Crippen LogP) is 2.83. The summed E-state index contributed by atoms with van der Waals surface area (Å²) in [4.78, 5) is 12.7. The summed E-state index contributed by atoms with van der Waals surface area (Å²) in [5.41, 5.74) is 0.00293. The van der Waals surface area contributed by atoms with E-state index in [0.29, 0.717) is 17.3 Å². The number of nitrogens with zero attached hydrogens (tertiary/aromatic N) is 1. The van der Waals surface area contributed by atoms with Crippen molar-refractivity contribution in [1.82, 2.24) is 4.57 Å². The van der Waals surface area contributed by atoms with E-state index >= 15 is 0 Å². The molecule has 0 spiro atoms. The molecule has 1 aromatic carbocycles. The van der Waals surface area contributed by atoms with Crippen LogP contribution in [0.3, 0.4) is 0 Å². The Labute approximate surface area is 182 Å². The summed E-state index contributed by atoms with van der Waals surface area (Å²) in [5.74, 6) is -0.491. The summed E-state index contributed by atoms with van der Waals surface area (Å²) in [7, 11) is -0.983. The molecule has 1 aromatic heterocycles. The molecule has 1 aliphatic rings. The quantitative estimate of drug-likeness (QED) is 0.485. The number of hydrogen-bond donors (Lipinski definition) is 3. The smallest absolute Gasteiger partial charge is 0.257 e. The average molecular weight is 504 g/mol. The van der Waals surface area contributed by atoms with Crippen molar-refractivity contribution < 1.29 is 22.7 Å². The van der Waals surface area contributed by atoms with Gasteiger partial charge in [0.15, 0.2) is 0 Å². The van der Waals surface area contributed by atoms with Gasteiger partial charge in [0.25, 0.3) is 5.56 Å². The van der Waals surface area contributed by atoms with Crippen LogP contribution in [-0.4, -0.2) is 36.6 Å². The van der Waals surface area contributed by atoms with E-state index in [2.05, 4.69) is 26.0 Å². The van der Waals surface area contributed by atoms with E-state index in [1.807, 2.05) is 0 Å². The number of sulfonamides is 1. The van der Waals surface area contributed by atoms with Gasteiger partial charge >= 0.3 is 0 Å². The lowest BCUT2D eigenvalue weighted by Gasteiger charge is -2.22. The van der Waals surface area contributed by atoms with Crippen molar-refractivity contribution in [3.05, 3.63) is 50.5 Å². The Morgan fingerprint density at radius 2 is 2.00 bits per heavy atom. The van der Waals surface area contributed by atoms with Crippen LogP contribution in [0.2, 0.25) is 0 Å². The van der Waals surface area contributed by atoms with E-state index in [1.165, 1.54) is 36.9 Å². The summed E-state index contributed by atoms with van der Waals surface area (Å²) in [6, 6.07) is 5.73. The molecule has 0 saturated heterocycles. The van der Waals surface area contributed by atoms with Crippen molar-refractivity contribution in [3.8, 4) is 0 Å². The molecule has 1 fully saturated rings. The van der Waals surface area contributed by atoms with Gasteiger partial charge in [-0.05, 0) is 43.5 Å². The number of rotatable bonds is 9. The van der Waals surface area contributed by atoms with E-state index < -0.39 is 26.1 Å². The molecule has 1 saturated carbocycles. The molecule has 0 aliphatic heterocycles. The van der Waals surface area contributed by atoms with Crippen LogP contribution in [0.4, 0.5) is 21.6 Å². The van der Waals surface area contributed by atoms with Crippen LogP contribution in [0.5, 0.6) is 0 Å². The molecule has 1 heterocycles. The highest BCUT2D eigenvalue weighted by molar-refractivity contribution is 9.10. The SMILES string of the molecule is COCc1cc(NS(=O)(=O)C2(CCO)CC2)c(Nc2ccc(Br)cc2F)n(C)c1=O. The normalized spacial score (nSPS) is 15.1. The van der Waals surface area contributed by atoms with Crippen LogP contribution in [-0.2, 0) is 28.4 Å². The molecular formula is C19H23BrFN3O5S. The van der Waals surface area contributed by atoms with Crippen molar-refractivity contribution >= 4 is 43.1 Å². The second-order valence-corrected chi connectivity index (χ2v) is 10.2. The highest BCUT2D eigenvalue weighted by Gasteiger charge is 2.54. The van der Waals surface area contributed by atoms with E-state index in [-0.39, 0.29) is 42.4 Å². The lowest BCUT2D eigenvalue weighted by molar-refractivity contribution is 0.183. The monoisotopic (exact) mass is 503 g/mol. The van der Waals surface area contributed by atoms with Crippen molar-refractivity contribution in [2.45, 2.75) is 30.6 Å². The Kier molecular flexibility index (Phi) is 6.56. The second kappa shape index (κ2) is 8.66. The summed E-state index contributed by atoms with van der Waals surface area (Å²) in [6.45, 7) is -0.269. The third-order valence-corrected chi connectivity index (χ3v) is 7.90. The molecule has 11 heteroatoms. The van der Waals surface area contributed by atoms with E-state index in [4.69, 9.17) is 4.74 Å². The van der Waals surface area contributed by atoms with Gasteiger partial charge in [-0.1, -0.05) is 15.9 Å². The van der Waals surface area contributed by atoms with Gasteiger partial charge in [-0.3, -0.25) is 14.1 Å². The number of nitrogens with one attached hydrogen (secondary N) is 2. The summed E-state index contributed by atoms with van der Waals surface area (Å²) in [5, 5.41) is 12.1. The van der Waals surface area contributed by atoms with Crippen LogP contribution in [0.15, 0.2) is 33.5 Å². The third-order valence-electron chi connectivity index (χ3n) is 5.16. The average Bonchev–Trinajstić information content (AvgIpc) is 3.46. The largest absolute Gasteiger partial charge is 0.396 e. The topological polar surface area (TPSA) is 110 Å². The summed E-state index contributed by atoms with van der Waals surface area (Å²) >= 11 is 3.18. The fourth-order valence-corrected chi connectivity index (χ4v) is 5.25. The molecule has 3 N–H and O–H groups in total. The standard InChI is InChI=1S/C19H23BrFN3O5S/c1-24-17(22-15-4-3-13(20)10-14(15)21)16(9-12(11-29-2)18(24)26)23-30(27,28)19(5-6-19)7-8-25/h3-4,9-10,22-23,25H,5-8,11H2,1-2H3. The molecule has 0 bridgehead atoms. The molecule has 3 rings (SSSR count). The van der Waals surface area contributed by atoms with Gasteiger partial charge in [0.1, 0.15) is 11.6 Å². The van der Waals surface area contributed by atoms with Crippen molar-refractivity contribution in [2.24, 2.45) is 7.05 Å². The minimum Gasteiger partial charge on any atom is -0.396 e. The third kappa shape index (κ3) is 4.39. The minimum atomic E-state index is -3.86. The van der Waals surface area contributed by atoms with Crippen LogP contribution in [0, 0.1) is 5.82 Å². The second-order valence-electron chi connectivity index (χ2n) is 7.24. The van der Waals surface area contributed by atoms with E-state index in [1.54, 1.807) is 6.07 Å². The first-order valence-corrected chi connectivity index (χ1v) is 11.5. The lowest BCUT2D eigenvalue weighted by atomic mass is 10.2. The number of anilines is 3. The van der Waals surface area contributed by atoms with Crippen molar-refractivity contribution in [3.63, 3.8) is 0 Å². The van der Waals surface area contributed by atoms with Crippen molar-refractivity contribution in [2.75, 3.05) is 23.8 Å². The molecule has 0 unspecified atom stereocenters. The number of halogens is 2. The Morgan fingerprint density at radius 1 is 1.30 bits per heavy atom. The Bertz CT molecular complexity index is 1120. The minimum absolute atomic E-state index is 0.0177. The first-order chi connectivity index (χ1) is 14.1. The molecule has 0 radical (unpaired) electrons. The predicted molar refractivity (Wildman–Crippen MR) is 116 cm³/mol. The van der Waals surface area contributed by atoms with Gasteiger partial charge in [0.2, 0.25) is 10.0 Å². The first kappa shape index (κ1) is 22.7. The van der Waals surface area contributed by atoms with Gasteiger partial charge in [-0.25, -0.2) is 12.8 Å². The number of aliphatic hydroxyl groups is 1. The number of aromatic nitrogens is 1. The van der Waals surface area contributed by atoms with Crippen LogP contribution < -0.4 is 15.6 Å². The van der Waals surface area contributed by atoms with E-state index in [0.717, 1.165) is 0 Å². The number of methoxy groups -OCH3 is 1. The van der Waals surface area contributed by atoms with Crippen molar-refractivity contribution in [1.29, 1.82) is 0 Å². The maximum Gasteiger partial charge on any atom is 0.257 e. The fraction of sp³-hybridized carbons (Fsp3) is 0.421. The molecular weight excluding hydrogens is 481 g/mol. The molecule has 164 valence electrons. The molecule has 8 nitrogen and oxygen atoms in total. The Balaban J connectivity index is 2.09. The molecule has 0 amide bonds. The summed E-state index contributed by atoms with van der Waals surface area (Å²) < 4.78 is 48.7. The van der Waals surface area contributed by atoms with Gasteiger partial charge in [-0.15, -0.1) is 0 Å². The lowest BCUT2D eigenvalue weighted by Crippen LogP contribution is -2.32. The highest BCUT2D eigenvalue weighted by atomic mass is 79.9. The van der Waals surface area contributed by atoms with Crippen LogP contribution in [0.25, 0.3) is 0 Å². The van der Waals surface area contributed by atoms with Gasteiger partial charge in [-0.2, -0.15) is 0 Å². The summed E-state index contributed by atoms with van der Waals surface area (Å²) in [6.07, 6.45) is 0.983. The van der Waals surface area contributed by atoms with Gasteiger partial charge < -0.3 is 15.2 Å². The molecule has 2 aromatic rings. The first-order valence-electron chi connectivity index (χ1n) is 9.21. The number of hydrogen-bond acceptors (Lipinski definition) is 6. The molecule has 0 atom stereocenters. The van der Waals surface area contributed by atoms with E-state index in [9.17, 15) is 22.7 Å². The Morgan fingerprint density at radius 3 is 2.57 bits per heavy atom. The number of ether oxygens (including phenoxy) is 1.